The number of methoxy groups -OCH3 is 3. The summed E-state index contributed by atoms with van der Waals surface area (Å²) < 4.78 is 22.0. The number of hydrogen-bond acceptors (Lipinski definition) is 8. The topological polar surface area (TPSA) is 116 Å². The molecular formula is C33H33NO8S. The van der Waals surface area contributed by atoms with E-state index in [9.17, 15) is 19.5 Å². The molecule has 4 aromatic rings. The summed E-state index contributed by atoms with van der Waals surface area (Å²) in [5.74, 6) is -2.13. The van der Waals surface area contributed by atoms with Gasteiger partial charge in [0.05, 0.1) is 33.3 Å². The minimum atomic E-state index is -1.84. The molecule has 1 fully saturated rings. The fourth-order valence-electron chi connectivity index (χ4n) is 6.12. The van der Waals surface area contributed by atoms with Gasteiger partial charge in [-0.2, -0.15) is 0 Å². The summed E-state index contributed by atoms with van der Waals surface area (Å²) >= 11 is 1.37. The molecule has 0 radical (unpaired) electrons. The maximum Gasteiger partial charge on any atom is 0.330 e. The van der Waals surface area contributed by atoms with Crippen LogP contribution in [0.15, 0.2) is 70.5 Å². The highest BCUT2D eigenvalue weighted by molar-refractivity contribution is 7.10. The Morgan fingerprint density at radius 2 is 1.60 bits per heavy atom. The van der Waals surface area contributed by atoms with Gasteiger partial charge in [0.15, 0.2) is 17.3 Å². The van der Waals surface area contributed by atoms with Crippen molar-refractivity contribution < 1.29 is 38.1 Å². The monoisotopic (exact) mass is 603 g/mol. The highest BCUT2D eigenvalue weighted by Gasteiger charge is 2.65. The SMILES string of the molecule is COc1ccc(C2C(C(=O)c3ccc(C)o3)C(c3sccc3C)C(C)(C(=O)O)N2C(=O)c2ccc(OC)c(OC)c2)cc1. The number of ketones is 1. The van der Waals surface area contributed by atoms with Gasteiger partial charge in [0, 0.05) is 16.4 Å². The Bertz CT molecular complexity index is 1670. The van der Waals surface area contributed by atoms with E-state index < -0.39 is 35.3 Å². The van der Waals surface area contributed by atoms with Gasteiger partial charge in [0.1, 0.15) is 17.0 Å². The van der Waals surface area contributed by atoms with Crippen molar-refractivity contribution in [1.82, 2.24) is 4.90 Å². The second-order valence-corrected chi connectivity index (χ2v) is 11.6. The van der Waals surface area contributed by atoms with Gasteiger partial charge >= 0.3 is 5.97 Å². The first-order valence-corrected chi connectivity index (χ1v) is 14.5. The van der Waals surface area contributed by atoms with Crippen LogP contribution in [-0.2, 0) is 4.79 Å². The normalized spacial score (nSPS) is 21.4. The maximum absolute atomic E-state index is 14.7. The number of carboxylic acid groups (broad SMARTS) is 1. The third-order valence-electron chi connectivity index (χ3n) is 8.29. The Kier molecular flexibility index (Phi) is 8.07. The predicted molar refractivity (Wildman–Crippen MR) is 161 cm³/mol. The number of nitrogens with zero attached hydrogens (tertiary/aromatic N) is 1. The van der Waals surface area contributed by atoms with Gasteiger partial charge in [0.2, 0.25) is 5.78 Å². The molecule has 43 heavy (non-hydrogen) atoms. The van der Waals surface area contributed by atoms with E-state index in [1.807, 2.05) is 18.4 Å². The zero-order chi connectivity index (χ0) is 31.1. The van der Waals surface area contributed by atoms with E-state index in [-0.39, 0.29) is 17.1 Å². The average Bonchev–Trinajstić information content (AvgIpc) is 3.71. The summed E-state index contributed by atoms with van der Waals surface area (Å²) in [6.07, 6.45) is 0. The van der Waals surface area contributed by atoms with Crippen molar-refractivity contribution in [2.45, 2.75) is 38.3 Å². The Labute approximate surface area is 253 Å². The second kappa shape index (κ2) is 11.6. The Hall–Kier alpha value is -4.57. The van der Waals surface area contributed by atoms with Gasteiger partial charge in [-0.1, -0.05) is 12.1 Å². The number of aliphatic carboxylic acids is 1. The quantitative estimate of drug-likeness (QED) is 0.222. The zero-order valence-electron chi connectivity index (χ0n) is 24.7. The van der Waals surface area contributed by atoms with Crippen LogP contribution in [0.4, 0.5) is 0 Å². The van der Waals surface area contributed by atoms with E-state index in [1.165, 1.54) is 43.4 Å². The van der Waals surface area contributed by atoms with E-state index in [0.29, 0.717) is 33.4 Å². The number of rotatable bonds is 9. The van der Waals surface area contributed by atoms with Gasteiger partial charge in [-0.05, 0) is 85.8 Å². The van der Waals surface area contributed by atoms with Crippen LogP contribution in [0.1, 0.15) is 61.6 Å². The van der Waals surface area contributed by atoms with Crippen molar-refractivity contribution in [3.05, 3.63) is 99.1 Å². The predicted octanol–water partition coefficient (Wildman–Crippen LogP) is 6.31. The summed E-state index contributed by atoms with van der Waals surface area (Å²) in [6.45, 7) is 5.14. The maximum atomic E-state index is 14.7. The molecule has 0 aliphatic carbocycles. The third kappa shape index (κ3) is 4.95. The first-order chi connectivity index (χ1) is 20.6. The van der Waals surface area contributed by atoms with Gasteiger partial charge in [-0.25, -0.2) is 4.79 Å². The molecule has 0 bridgehead atoms. The molecule has 9 nitrogen and oxygen atoms in total. The van der Waals surface area contributed by atoms with Crippen molar-refractivity contribution in [1.29, 1.82) is 0 Å². The van der Waals surface area contributed by atoms with Crippen LogP contribution in [0.2, 0.25) is 0 Å². The van der Waals surface area contributed by atoms with Crippen LogP contribution in [0.5, 0.6) is 17.2 Å². The number of benzene rings is 2. The molecule has 10 heteroatoms. The van der Waals surface area contributed by atoms with Crippen molar-refractivity contribution >= 4 is 29.0 Å². The van der Waals surface area contributed by atoms with Crippen molar-refractivity contribution in [3.8, 4) is 17.2 Å². The van der Waals surface area contributed by atoms with Crippen LogP contribution in [0, 0.1) is 19.8 Å². The van der Waals surface area contributed by atoms with Gasteiger partial charge in [-0.3, -0.25) is 9.59 Å². The van der Waals surface area contributed by atoms with E-state index in [4.69, 9.17) is 18.6 Å². The fraction of sp³-hybridized carbons (Fsp3) is 0.303. The van der Waals surface area contributed by atoms with Gasteiger partial charge < -0.3 is 28.6 Å². The zero-order valence-corrected chi connectivity index (χ0v) is 25.6. The minimum Gasteiger partial charge on any atom is -0.497 e. The summed E-state index contributed by atoms with van der Waals surface area (Å²) in [5, 5.41) is 12.9. The lowest BCUT2D eigenvalue weighted by molar-refractivity contribution is -0.148. The molecule has 0 saturated carbocycles. The molecule has 5 rings (SSSR count). The van der Waals surface area contributed by atoms with Crippen LogP contribution in [0.25, 0.3) is 0 Å². The number of carbonyl (C=O) groups is 3. The number of thiophene rings is 1. The highest BCUT2D eigenvalue weighted by atomic mass is 32.1. The smallest absolute Gasteiger partial charge is 0.330 e. The Morgan fingerprint density at radius 1 is 0.907 bits per heavy atom. The van der Waals surface area contributed by atoms with Crippen LogP contribution in [-0.4, -0.2) is 54.5 Å². The van der Waals surface area contributed by atoms with E-state index in [0.717, 1.165) is 5.56 Å². The number of amides is 1. The summed E-state index contributed by atoms with van der Waals surface area (Å²) in [7, 11) is 4.49. The van der Waals surface area contributed by atoms with Gasteiger partial charge in [0.25, 0.3) is 5.91 Å². The van der Waals surface area contributed by atoms with E-state index >= 15 is 0 Å². The van der Waals surface area contributed by atoms with Crippen LogP contribution >= 0.6 is 11.3 Å². The van der Waals surface area contributed by atoms with Crippen molar-refractivity contribution in [3.63, 3.8) is 0 Å². The Balaban J connectivity index is 1.81. The van der Waals surface area contributed by atoms with E-state index in [2.05, 4.69) is 0 Å². The molecule has 1 aliphatic rings. The summed E-state index contributed by atoms with van der Waals surface area (Å²) in [5.41, 5.74) is -0.232. The molecule has 4 atom stereocenters. The molecule has 2 aromatic carbocycles. The molecule has 1 aliphatic heterocycles. The standard InChI is InChI=1S/C33H33NO8S/c1-18-15-16-43-30(18)27-26(29(35)24-13-7-19(2)42-24)28(20-8-11-22(39-4)12-9-20)34(33(27,3)32(37)38)31(36)21-10-14-23(40-5)25(17-21)41-6/h7-17,26-28H,1-6H3,(H,37,38). The molecule has 4 unspecified atom stereocenters. The highest BCUT2D eigenvalue weighted by Crippen LogP contribution is 2.58. The third-order valence-corrected chi connectivity index (χ3v) is 9.40. The van der Waals surface area contributed by atoms with Crippen molar-refractivity contribution in [2.75, 3.05) is 21.3 Å². The lowest BCUT2D eigenvalue weighted by atomic mass is 9.74. The molecular weight excluding hydrogens is 570 g/mol. The minimum absolute atomic E-state index is 0.105. The molecule has 3 heterocycles. The lowest BCUT2D eigenvalue weighted by Gasteiger charge is -2.38. The first kappa shape index (κ1) is 29.9. The number of likely N-dealkylation sites (tertiary alicyclic amines) is 1. The molecule has 1 amide bonds. The second-order valence-electron chi connectivity index (χ2n) is 10.7. The lowest BCUT2D eigenvalue weighted by Crippen LogP contribution is -2.54. The molecule has 0 spiro atoms. The van der Waals surface area contributed by atoms with Crippen LogP contribution in [0.3, 0.4) is 0 Å². The average molecular weight is 604 g/mol. The summed E-state index contributed by atoms with van der Waals surface area (Å²) in [6, 6.07) is 15.9. The van der Waals surface area contributed by atoms with Crippen LogP contribution < -0.4 is 14.2 Å². The largest absolute Gasteiger partial charge is 0.497 e. The number of Topliss-reactive ketones (excluding diaryl/α,β-unsaturated/α-hetero) is 1. The number of carboxylic acids is 1. The number of aryl methyl sites for hydroxylation is 2. The van der Waals surface area contributed by atoms with E-state index in [1.54, 1.807) is 62.6 Å². The number of furan rings is 1. The first-order valence-electron chi connectivity index (χ1n) is 13.6. The molecule has 1 saturated heterocycles. The molecule has 224 valence electrons. The Morgan fingerprint density at radius 3 is 2.14 bits per heavy atom. The van der Waals surface area contributed by atoms with Gasteiger partial charge in [-0.15, -0.1) is 11.3 Å². The summed E-state index contributed by atoms with van der Waals surface area (Å²) in [4.78, 5) is 44.7. The number of ether oxygens (including phenoxy) is 3. The van der Waals surface area contributed by atoms with Crippen molar-refractivity contribution in [2.24, 2.45) is 5.92 Å². The number of hydrogen-bond donors (Lipinski definition) is 1. The fourth-order valence-corrected chi connectivity index (χ4v) is 7.31. The molecule has 1 N–H and O–H groups in total. The number of carbonyl (C=O) groups excluding carboxylic acids is 2. The molecule has 2 aromatic heterocycles.